The first kappa shape index (κ1) is 13.1. The minimum atomic E-state index is 0.680. The maximum Gasteiger partial charge on any atom is 0.161 e. The molecule has 3 rings (SSSR count). The van der Waals surface area contributed by atoms with Crippen LogP contribution < -0.4 is 14.8 Å². The summed E-state index contributed by atoms with van der Waals surface area (Å²) in [4.78, 5) is 3.26. The normalized spacial score (nSPS) is 14.3. The van der Waals surface area contributed by atoms with Crippen LogP contribution in [0.25, 0.3) is 11.3 Å². The molecule has 2 aromatic rings. The molecule has 1 aromatic heterocycles. The van der Waals surface area contributed by atoms with Crippen LogP contribution in [0.2, 0.25) is 0 Å². The van der Waals surface area contributed by atoms with Crippen LogP contribution in [-0.2, 0) is 6.54 Å². The molecule has 20 heavy (non-hydrogen) atoms. The molecule has 1 fully saturated rings. The van der Waals surface area contributed by atoms with Gasteiger partial charge in [-0.1, -0.05) is 0 Å². The van der Waals surface area contributed by atoms with Crippen molar-refractivity contribution in [1.29, 1.82) is 0 Å². The standard InChI is InChI=1S/C16H20N2O2/c1-19-15-8-11(10-18-12-5-6-12)13(9-16(15)20-2)14-4-3-7-17-14/h3-4,7-9,12,17-18H,5-6,10H2,1-2H3. The van der Waals surface area contributed by atoms with E-state index in [1.54, 1.807) is 14.2 Å². The number of benzene rings is 1. The third kappa shape index (κ3) is 2.65. The Hall–Kier alpha value is -1.94. The van der Waals surface area contributed by atoms with Gasteiger partial charge in [0, 0.05) is 30.0 Å². The smallest absolute Gasteiger partial charge is 0.161 e. The predicted molar refractivity (Wildman–Crippen MR) is 79.2 cm³/mol. The topological polar surface area (TPSA) is 46.3 Å². The van der Waals surface area contributed by atoms with E-state index in [9.17, 15) is 0 Å². The highest BCUT2D eigenvalue weighted by Gasteiger charge is 2.21. The van der Waals surface area contributed by atoms with Crippen molar-refractivity contribution in [3.05, 3.63) is 36.0 Å². The van der Waals surface area contributed by atoms with Crippen LogP contribution in [-0.4, -0.2) is 25.2 Å². The largest absolute Gasteiger partial charge is 0.493 e. The van der Waals surface area contributed by atoms with Gasteiger partial charge in [0.25, 0.3) is 0 Å². The molecule has 0 amide bonds. The summed E-state index contributed by atoms with van der Waals surface area (Å²) in [7, 11) is 3.34. The summed E-state index contributed by atoms with van der Waals surface area (Å²) in [6.45, 7) is 0.847. The van der Waals surface area contributed by atoms with Gasteiger partial charge in [0.1, 0.15) is 0 Å². The molecular formula is C16H20N2O2. The maximum absolute atomic E-state index is 5.41. The van der Waals surface area contributed by atoms with Crippen molar-refractivity contribution >= 4 is 0 Å². The van der Waals surface area contributed by atoms with Crippen molar-refractivity contribution in [3.8, 4) is 22.8 Å². The van der Waals surface area contributed by atoms with Crippen molar-refractivity contribution in [1.82, 2.24) is 10.3 Å². The molecule has 4 heteroatoms. The van der Waals surface area contributed by atoms with Crippen molar-refractivity contribution in [3.63, 3.8) is 0 Å². The van der Waals surface area contributed by atoms with Gasteiger partial charge in [0.2, 0.25) is 0 Å². The molecule has 0 spiro atoms. The lowest BCUT2D eigenvalue weighted by Crippen LogP contribution is -2.16. The number of hydrogen-bond acceptors (Lipinski definition) is 3. The molecule has 0 atom stereocenters. The van der Waals surface area contributed by atoms with Crippen molar-refractivity contribution in [2.75, 3.05) is 14.2 Å². The van der Waals surface area contributed by atoms with E-state index in [2.05, 4.69) is 22.4 Å². The molecule has 1 heterocycles. The number of methoxy groups -OCH3 is 2. The van der Waals surface area contributed by atoms with Crippen molar-refractivity contribution in [2.24, 2.45) is 0 Å². The van der Waals surface area contributed by atoms with Crippen molar-refractivity contribution in [2.45, 2.75) is 25.4 Å². The van der Waals surface area contributed by atoms with E-state index < -0.39 is 0 Å². The lowest BCUT2D eigenvalue weighted by molar-refractivity contribution is 0.354. The highest BCUT2D eigenvalue weighted by molar-refractivity contribution is 5.68. The summed E-state index contributed by atoms with van der Waals surface area (Å²) in [5.74, 6) is 1.53. The van der Waals surface area contributed by atoms with Crippen LogP contribution in [0.3, 0.4) is 0 Å². The van der Waals surface area contributed by atoms with E-state index in [4.69, 9.17) is 9.47 Å². The fraction of sp³-hybridized carbons (Fsp3) is 0.375. The van der Waals surface area contributed by atoms with Crippen LogP contribution in [0.15, 0.2) is 30.5 Å². The van der Waals surface area contributed by atoms with E-state index in [-0.39, 0.29) is 0 Å². The lowest BCUT2D eigenvalue weighted by Gasteiger charge is -2.15. The average Bonchev–Trinajstić information content (AvgIpc) is 3.16. The number of hydrogen-bond donors (Lipinski definition) is 2. The molecule has 2 N–H and O–H groups in total. The Morgan fingerprint density at radius 2 is 1.95 bits per heavy atom. The summed E-state index contributed by atoms with van der Waals surface area (Å²) >= 11 is 0. The molecular weight excluding hydrogens is 252 g/mol. The van der Waals surface area contributed by atoms with E-state index in [1.165, 1.54) is 18.4 Å². The average molecular weight is 272 g/mol. The van der Waals surface area contributed by atoms with Gasteiger partial charge in [-0.3, -0.25) is 0 Å². The first-order valence-corrected chi connectivity index (χ1v) is 6.94. The Bertz CT molecular complexity index is 574. The van der Waals surface area contributed by atoms with Gasteiger partial charge in [-0.15, -0.1) is 0 Å². The molecule has 106 valence electrons. The SMILES string of the molecule is COc1cc(CNC2CC2)c(-c2ccc[nH]2)cc1OC. The predicted octanol–water partition coefficient (Wildman–Crippen LogP) is 2.95. The molecule has 0 aliphatic heterocycles. The summed E-state index contributed by atoms with van der Waals surface area (Å²) in [5.41, 5.74) is 3.47. The van der Waals surface area contributed by atoms with Gasteiger partial charge in [-0.25, -0.2) is 0 Å². The van der Waals surface area contributed by atoms with Crippen LogP contribution >= 0.6 is 0 Å². The molecule has 1 aromatic carbocycles. The van der Waals surface area contributed by atoms with Crippen LogP contribution in [0, 0.1) is 0 Å². The van der Waals surface area contributed by atoms with Gasteiger partial charge >= 0.3 is 0 Å². The molecule has 1 aliphatic rings. The van der Waals surface area contributed by atoms with Gasteiger partial charge in [-0.2, -0.15) is 0 Å². The third-order valence-corrected chi connectivity index (χ3v) is 3.66. The van der Waals surface area contributed by atoms with E-state index in [0.29, 0.717) is 6.04 Å². The zero-order valence-electron chi connectivity index (χ0n) is 11.9. The number of nitrogens with one attached hydrogen (secondary N) is 2. The fourth-order valence-corrected chi connectivity index (χ4v) is 2.36. The number of ether oxygens (including phenoxy) is 2. The van der Waals surface area contributed by atoms with Gasteiger partial charge in [0.15, 0.2) is 11.5 Å². The Morgan fingerprint density at radius 3 is 2.55 bits per heavy atom. The Balaban J connectivity index is 1.98. The second kappa shape index (κ2) is 5.59. The first-order chi connectivity index (χ1) is 9.81. The number of rotatable bonds is 6. The Morgan fingerprint density at radius 1 is 1.20 bits per heavy atom. The number of aromatic nitrogens is 1. The van der Waals surface area contributed by atoms with E-state index in [0.717, 1.165) is 29.3 Å². The molecule has 4 nitrogen and oxygen atoms in total. The van der Waals surface area contributed by atoms with Gasteiger partial charge in [0.05, 0.1) is 14.2 Å². The first-order valence-electron chi connectivity index (χ1n) is 6.94. The second-order valence-electron chi connectivity index (χ2n) is 5.10. The quantitative estimate of drug-likeness (QED) is 0.850. The van der Waals surface area contributed by atoms with E-state index >= 15 is 0 Å². The summed E-state index contributed by atoms with van der Waals surface area (Å²) in [6, 6.07) is 8.85. The van der Waals surface area contributed by atoms with Crippen LogP contribution in [0.1, 0.15) is 18.4 Å². The summed E-state index contributed by atoms with van der Waals surface area (Å²) in [6.07, 6.45) is 4.50. The van der Waals surface area contributed by atoms with Crippen LogP contribution in [0.4, 0.5) is 0 Å². The zero-order chi connectivity index (χ0) is 13.9. The highest BCUT2D eigenvalue weighted by atomic mass is 16.5. The molecule has 0 unspecified atom stereocenters. The molecule has 0 saturated heterocycles. The molecule has 0 bridgehead atoms. The monoisotopic (exact) mass is 272 g/mol. The maximum atomic E-state index is 5.41. The van der Waals surface area contributed by atoms with Gasteiger partial charge in [-0.05, 0) is 42.7 Å². The lowest BCUT2D eigenvalue weighted by atomic mass is 10.0. The minimum absolute atomic E-state index is 0.680. The third-order valence-electron chi connectivity index (χ3n) is 3.66. The number of aromatic amines is 1. The van der Waals surface area contributed by atoms with E-state index in [1.807, 2.05) is 18.3 Å². The minimum Gasteiger partial charge on any atom is -0.493 e. The Kier molecular flexibility index (Phi) is 3.65. The number of H-pyrrole nitrogens is 1. The summed E-state index contributed by atoms with van der Waals surface area (Å²) in [5, 5.41) is 3.55. The zero-order valence-corrected chi connectivity index (χ0v) is 11.9. The molecule has 1 saturated carbocycles. The fourth-order valence-electron chi connectivity index (χ4n) is 2.36. The molecule has 0 radical (unpaired) electrons. The van der Waals surface area contributed by atoms with Crippen molar-refractivity contribution < 1.29 is 9.47 Å². The summed E-state index contributed by atoms with van der Waals surface area (Å²) < 4.78 is 10.8. The second-order valence-corrected chi connectivity index (χ2v) is 5.10. The molecule has 1 aliphatic carbocycles. The highest BCUT2D eigenvalue weighted by Crippen LogP contribution is 2.35. The van der Waals surface area contributed by atoms with Gasteiger partial charge < -0.3 is 19.8 Å². The van der Waals surface area contributed by atoms with Crippen LogP contribution in [0.5, 0.6) is 11.5 Å². The Labute approximate surface area is 119 Å².